The molecule has 1 unspecified atom stereocenters. The summed E-state index contributed by atoms with van der Waals surface area (Å²) >= 11 is 0. The van der Waals surface area contributed by atoms with E-state index in [9.17, 15) is 0 Å². The van der Waals surface area contributed by atoms with Crippen molar-refractivity contribution in [1.82, 2.24) is 0 Å². The Labute approximate surface area is 110 Å². The Morgan fingerprint density at radius 2 is 2.06 bits per heavy atom. The van der Waals surface area contributed by atoms with Crippen LogP contribution in [0.15, 0.2) is 30.3 Å². The van der Waals surface area contributed by atoms with Crippen LogP contribution >= 0.6 is 0 Å². The molecular formula is C15H24N2O. The SMILES string of the molecule is NCCCN(CC1CCCCO1)c1ccccc1. The fourth-order valence-electron chi connectivity index (χ4n) is 2.44. The molecule has 1 aromatic rings. The zero-order valence-electron chi connectivity index (χ0n) is 11.1. The molecule has 3 nitrogen and oxygen atoms in total. The van der Waals surface area contributed by atoms with E-state index in [0.717, 1.165) is 32.7 Å². The van der Waals surface area contributed by atoms with Crippen molar-refractivity contribution in [2.45, 2.75) is 31.8 Å². The molecule has 1 aromatic carbocycles. The first-order valence-electron chi connectivity index (χ1n) is 7.02. The first-order chi connectivity index (χ1) is 8.90. The molecule has 0 amide bonds. The molecule has 0 aliphatic carbocycles. The van der Waals surface area contributed by atoms with Crippen LogP contribution in [0.5, 0.6) is 0 Å². The summed E-state index contributed by atoms with van der Waals surface area (Å²) in [5, 5.41) is 0. The Morgan fingerprint density at radius 3 is 2.72 bits per heavy atom. The maximum atomic E-state index is 5.84. The summed E-state index contributed by atoms with van der Waals surface area (Å²) in [6.45, 7) is 3.67. The maximum Gasteiger partial charge on any atom is 0.0749 e. The average molecular weight is 248 g/mol. The molecule has 1 saturated heterocycles. The molecule has 1 aliphatic heterocycles. The summed E-state index contributed by atoms with van der Waals surface area (Å²) in [5.74, 6) is 0. The normalized spacial score (nSPS) is 19.7. The lowest BCUT2D eigenvalue weighted by Gasteiger charge is -2.31. The predicted molar refractivity (Wildman–Crippen MR) is 75.9 cm³/mol. The highest BCUT2D eigenvalue weighted by atomic mass is 16.5. The third-order valence-electron chi connectivity index (χ3n) is 3.45. The minimum atomic E-state index is 0.386. The topological polar surface area (TPSA) is 38.5 Å². The van der Waals surface area contributed by atoms with E-state index in [-0.39, 0.29) is 0 Å². The van der Waals surface area contributed by atoms with Crippen LogP contribution in [0.4, 0.5) is 5.69 Å². The number of nitrogens with two attached hydrogens (primary N) is 1. The van der Waals surface area contributed by atoms with Gasteiger partial charge in [-0.2, -0.15) is 0 Å². The molecule has 3 heteroatoms. The van der Waals surface area contributed by atoms with Gasteiger partial charge in [-0.25, -0.2) is 0 Å². The Kier molecular flexibility index (Phi) is 5.49. The van der Waals surface area contributed by atoms with Gasteiger partial charge in [0.15, 0.2) is 0 Å². The zero-order valence-corrected chi connectivity index (χ0v) is 11.1. The van der Waals surface area contributed by atoms with Gasteiger partial charge in [-0.3, -0.25) is 0 Å². The number of anilines is 1. The van der Waals surface area contributed by atoms with Crippen LogP contribution in [0.3, 0.4) is 0 Å². The van der Waals surface area contributed by atoms with Gasteiger partial charge in [0.2, 0.25) is 0 Å². The molecule has 0 bridgehead atoms. The number of ether oxygens (including phenoxy) is 1. The average Bonchev–Trinajstić information content (AvgIpc) is 2.45. The first kappa shape index (κ1) is 13.4. The second-order valence-corrected chi connectivity index (χ2v) is 4.91. The van der Waals surface area contributed by atoms with Gasteiger partial charge in [0.05, 0.1) is 6.10 Å². The van der Waals surface area contributed by atoms with Gasteiger partial charge in [-0.15, -0.1) is 0 Å². The number of para-hydroxylation sites is 1. The minimum absolute atomic E-state index is 0.386. The molecule has 2 rings (SSSR count). The summed E-state index contributed by atoms with van der Waals surface area (Å²) in [4.78, 5) is 2.41. The van der Waals surface area contributed by atoms with Crippen molar-refractivity contribution in [3.05, 3.63) is 30.3 Å². The van der Waals surface area contributed by atoms with E-state index < -0.39 is 0 Å². The third kappa shape index (κ3) is 4.00. The summed E-state index contributed by atoms with van der Waals surface area (Å²) < 4.78 is 5.84. The number of hydrogen-bond acceptors (Lipinski definition) is 3. The van der Waals surface area contributed by atoms with E-state index in [4.69, 9.17) is 10.5 Å². The standard InChI is InChI=1S/C15H24N2O/c16-10-6-11-17(14-7-2-1-3-8-14)13-15-9-4-5-12-18-15/h1-3,7-8,15H,4-6,9-13,16H2. The van der Waals surface area contributed by atoms with E-state index in [1.807, 2.05) is 0 Å². The number of benzene rings is 1. The third-order valence-corrected chi connectivity index (χ3v) is 3.45. The van der Waals surface area contributed by atoms with Crippen molar-refractivity contribution in [2.24, 2.45) is 5.73 Å². The van der Waals surface area contributed by atoms with Gasteiger partial charge in [0.1, 0.15) is 0 Å². The highest BCUT2D eigenvalue weighted by Crippen LogP contribution is 2.19. The summed E-state index contributed by atoms with van der Waals surface area (Å²) in [6, 6.07) is 10.6. The van der Waals surface area contributed by atoms with Crippen LogP contribution in [0.1, 0.15) is 25.7 Å². The van der Waals surface area contributed by atoms with Crippen LogP contribution in [0.2, 0.25) is 0 Å². The monoisotopic (exact) mass is 248 g/mol. The zero-order chi connectivity index (χ0) is 12.6. The van der Waals surface area contributed by atoms with E-state index in [2.05, 4.69) is 35.2 Å². The second kappa shape index (κ2) is 7.39. The summed E-state index contributed by atoms with van der Waals surface area (Å²) in [7, 11) is 0. The lowest BCUT2D eigenvalue weighted by atomic mass is 10.1. The molecule has 0 saturated carbocycles. The fourth-order valence-corrected chi connectivity index (χ4v) is 2.44. The van der Waals surface area contributed by atoms with Gasteiger partial charge >= 0.3 is 0 Å². The molecule has 0 aromatic heterocycles. The molecule has 1 atom stereocenters. The van der Waals surface area contributed by atoms with Crippen molar-refractivity contribution in [2.75, 3.05) is 31.1 Å². The van der Waals surface area contributed by atoms with Gasteiger partial charge in [-0.05, 0) is 44.4 Å². The van der Waals surface area contributed by atoms with Crippen LogP contribution < -0.4 is 10.6 Å². The Hall–Kier alpha value is -1.06. The largest absolute Gasteiger partial charge is 0.376 e. The van der Waals surface area contributed by atoms with Crippen LogP contribution in [0, 0.1) is 0 Å². The molecule has 1 heterocycles. The van der Waals surface area contributed by atoms with Crippen LogP contribution in [-0.2, 0) is 4.74 Å². The smallest absolute Gasteiger partial charge is 0.0749 e. The number of nitrogens with zero attached hydrogens (tertiary/aromatic N) is 1. The van der Waals surface area contributed by atoms with E-state index in [1.165, 1.54) is 24.9 Å². The van der Waals surface area contributed by atoms with Crippen molar-refractivity contribution in [3.63, 3.8) is 0 Å². The summed E-state index contributed by atoms with van der Waals surface area (Å²) in [6.07, 6.45) is 5.11. The predicted octanol–water partition coefficient (Wildman–Crippen LogP) is 2.41. The molecule has 0 spiro atoms. The van der Waals surface area contributed by atoms with Crippen molar-refractivity contribution in [1.29, 1.82) is 0 Å². The van der Waals surface area contributed by atoms with Crippen molar-refractivity contribution >= 4 is 5.69 Å². The molecule has 100 valence electrons. The highest BCUT2D eigenvalue weighted by Gasteiger charge is 2.17. The molecular weight excluding hydrogens is 224 g/mol. The van der Waals surface area contributed by atoms with Crippen LogP contribution in [-0.4, -0.2) is 32.3 Å². The lowest BCUT2D eigenvalue weighted by Crippen LogP contribution is -2.37. The van der Waals surface area contributed by atoms with Gasteiger partial charge < -0.3 is 15.4 Å². The second-order valence-electron chi connectivity index (χ2n) is 4.91. The molecule has 2 N–H and O–H groups in total. The number of rotatable bonds is 6. The quantitative estimate of drug-likeness (QED) is 0.840. The fraction of sp³-hybridized carbons (Fsp3) is 0.600. The minimum Gasteiger partial charge on any atom is -0.376 e. The van der Waals surface area contributed by atoms with Crippen molar-refractivity contribution < 1.29 is 4.74 Å². The first-order valence-corrected chi connectivity index (χ1v) is 7.02. The van der Waals surface area contributed by atoms with Gasteiger partial charge in [0.25, 0.3) is 0 Å². The molecule has 1 fully saturated rings. The van der Waals surface area contributed by atoms with Crippen molar-refractivity contribution in [3.8, 4) is 0 Å². The lowest BCUT2D eigenvalue weighted by molar-refractivity contribution is 0.0210. The Morgan fingerprint density at radius 1 is 1.22 bits per heavy atom. The van der Waals surface area contributed by atoms with Gasteiger partial charge in [0, 0.05) is 25.4 Å². The van der Waals surface area contributed by atoms with Gasteiger partial charge in [-0.1, -0.05) is 18.2 Å². The summed E-state index contributed by atoms with van der Waals surface area (Å²) in [5.41, 5.74) is 6.91. The Balaban J connectivity index is 1.95. The highest BCUT2D eigenvalue weighted by molar-refractivity contribution is 5.46. The van der Waals surface area contributed by atoms with E-state index in [0.29, 0.717) is 6.10 Å². The maximum absolute atomic E-state index is 5.84. The molecule has 1 aliphatic rings. The molecule has 0 radical (unpaired) electrons. The van der Waals surface area contributed by atoms with E-state index >= 15 is 0 Å². The van der Waals surface area contributed by atoms with Crippen LogP contribution in [0.25, 0.3) is 0 Å². The molecule has 18 heavy (non-hydrogen) atoms. The van der Waals surface area contributed by atoms with E-state index in [1.54, 1.807) is 0 Å². The Bertz CT molecular complexity index is 323. The number of hydrogen-bond donors (Lipinski definition) is 1.